The maximum Gasteiger partial charge on any atom is 0.124 e. The average Bonchev–Trinajstić information content (AvgIpc) is 2.84. The molecule has 0 radical (unpaired) electrons. The minimum absolute atomic E-state index is 0.187. The van der Waals surface area contributed by atoms with Gasteiger partial charge in [0, 0.05) is 12.0 Å². The minimum atomic E-state index is -0.284. The molecule has 0 saturated carbocycles. The van der Waals surface area contributed by atoms with E-state index in [0.29, 0.717) is 12.0 Å². The lowest BCUT2D eigenvalue weighted by Gasteiger charge is -2.10. The fraction of sp³-hybridized carbons (Fsp3) is 0.0909. The highest BCUT2D eigenvalue weighted by molar-refractivity contribution is 6.21. The fourth-order valence-corrected chi connectivity index (χ4v) is 3.03. The molecular weight excluding hydrogens is 327 g/mol. The van der Waals surface area contributed by atoms with E-state index in [-0.39, 0.29) is 11.6 Å². The molecule has 0 aromatic heterocycles. The number of aryl methyl sites for hydroxylation is 1. The van der Waals surface area contributed by atoms with Crippen LogP contribution in [0.1, 0.15) is 23.1 Å². The number of aromatic hydroxyl groups is 1. The van der Waals surface area contributed by atoms with Gasteiger partial charge >= 0.3 is 0 Å². The predicted molar refractivity (Wildman–Crippen MR) is 103 cm³/mol. The Bertz CT molecular complexity index is 1040. The van der Waals surface area contributed by atoms with E-state index >= 15 is 0 Å². The maximum atomic E-state index is 13.3. The van der Waals surface area contributed by atoms with Crippen molar-refractivity contribution < 1.29 is 9.50 Å². The highest BCUT2D eigenvalue weighted by atomic mass is 19.1. The third-order valence-corrected chi connectivity index (χ3v) is 4.37. The molecule has 0 fully saturated rings. The second-order valence-corrected chi connectivity index (χ2v) is 6.31. The molecule has 3 nitrogen and oxygen atoms in total. The molecule has 0 saturated heterocycles. The molecule has 1 aliphatic heterocycles. The summed E-state index contributed by atoms with van der Waals surface area (Å²) in [6.45, 7) is 1.98. The summed E-state index contributed by atoms with van der Waals surface area (Å²) in [4.78, 5) is 9.54. The second kappa shape index (κ2) is 6.56. The Morgan fingerprint density at radius 2 is 1.50 bits per heavy atom. The molecule has 1 heterocycles. The SMILES string of the molecule is Cc1ccc(O)c(C2=Nc3ccccc3N=C(c3ccc(F)cc3)C2)c1. The van der Waals surface area contributed by atoms with E-state index in [4.69, 9.17) is 9.98 Å². The normalized spacial score (nSPS) is 13.5. The number of phenolic OH excluding ortho intramolecular Hbond substituents is 1. The predicted octanol–water partition coefficient (Wildman–Crippen LogP) is 5.49. The Balaban J connectivity index is 1.89. The van der Waals surface area contributed by atoms with Crippen LogP contribution in [-0.4, -0.2) is 16.5 Å². The molecule has 0 unspecified atom stereocenters. The van der Waals surface area contributed by atoms with Gasteiger partial charge in [-0.2, -0.15) is 0 Å². The Morgan fingerprint density at radius 3 is 2.19 bits per heavy atom. The topological polar surface area (TPSA) is 45.0 Å². The van der Waals surface area contributed by atoms with Crippen LogP contribution in [0.3, 0.4) is 0 Å². The molecular formula is C22H17FN2O. The second-order valence-electron chi connectivity index (χ2n) is 6.31. The van der Waals surface area contributed by atoms with Crippen LogP contribution >= 0.6 is 0 Å². The summed E-state index contributed by atoms with van der Waals surface area (Å²) in [5.41, 5.74) is 5.60. The Morgan fingerprint density at radius 1 is 0.846 bits per heavy atom. The van der Waals surface area contributed by atoms with Gasteiger partial charge in [0.15, 0.2) is 0 Å². The van der Waals surface area contributed by atoms with Crippen LogP contribution in [0.5, 0.6) is 5.75 Å². The zero-order chi connectivity index (χ0) is 18.1. The van der Waals surface area contributed by atoms with Crippen molar-refractivity contribution in [3.8, 4) is 5.75 Å². The van der Waals surface area contributed by atoms with Gasteiger partial charge < -0.3 is 5.11 Å². The van der Waals surface area contributed by atoms with E-state index in [1.807, 2.05) is 43.3 Å². The summed E-state index contributed by atoms with van der Waals surface area (Å²) in [7, 11) is 0. The first-order chi connectivity index (χ1) is 12.6. The fourth-order valence-electron chi connectivity index (χ4n) is 3.03. The average molecular weight is 344 g/mol. The maximum absolute atomic E-state index is 13.3. The van der Waals surface area contributed by atoms with Crippen LogP contribution in [-0.2, 0) is 0 Å². The van der Waals surface area contributed by atoms with Crippen LogP contribution < -0.4 is 0 Å². The van der Waals surface area contributed by atoms with E-state index in [1.165, 1.54) is 12.1 Å². The molecule has 3 aromatic rings. The van der Waals surface area contributed by atoms with Gasteiger partial charge in [0.2, 0.25) is 0 Å². The van der Waals surface area contributed by atoms with Gasteiger partial charge in [0.1, 0.15) is 11.6 Å². The summed E-state index contributed by atoms with van der Waals surface area (Å²) < 4.78 is 13.3. The van der Waals surface area contributed by atoms with Gasteiger partial charge in [0.05, 0.1) is 22.8 Å². The zero-order valence-corrected chi connectivity index (χ0v) is 14.3. The van der Waals surface area contributed by atoms with Crippen molar-refractivity contribution in [2.75, 3.05) is 0 Å². The van der Waals surface area contributed by atoms with Crippen molar-refractivity contribution >= 4 is 22.8 Å². The van der Waals surface area contributed by atoms with Crippen molar-refractivity contribution in [1.82, 2.24) is 0 Å². The first kappa shape index (κ1) is 16.2. The van der Waals surface area contributed by atoms with Crippen molar-refractivity contribution in [3.05, 3.63) is 89.2 Å². The monoisotopic (exact) mass is 344 g/mol. The summed E-state index contributed by atoms with van der Waals surface area (Å²) in [5, 5.41) is 10.3. The first-order valence-electron chi connectivity index (χ1n) is 8.40. The van der Waals surface area contributed by atoms with Gasteiger partial charge in [-0.3, -0.25) is 9.98 Å². The Hall–Kier alpha value is -3.27. The number of rotatable bonds is 2. The van der Waals surface area contributed by atoms with E-state index in [0.717, 1.165) is 33.9 Å². The van der Waals surface area contributed by atoms with Crippen LogP contribution in [0.15, 0.2) is 76.7 Å². The van der Waals surface area contributed by atoms with Crippen molar-refractivity contribution in [2.45, 2.75) is 13.3 Å². The van der Waals surface area contributed by atoms with Crippen LogP contribution in [0.4, 0.5) is 15.8 Å². The van der Waals surface area contributed by atoms with Crippen LogP contribution in [0.25, 0.3) is 0 Å². The molecule has 3 aromatic carbocycles. The first-order valence-corrected chi connectivity index (χ1v) is 8.40. The van der Waals surface area contributed by atoms with E-state index < -0.39 is 0 Å². The van der Waals surface area contributed by atoms with Gasteiger partial charge in [-0.25, -0.2) is 4.39 Å². The summed E-state index contributed by atoms with van der Waals surface area (Å²) >= 11 is 0. The third-order valence-electron chi connectivity index (χ3n) is 4.37. The van der Waals surface area contributed by atoms with Gasteiger partial charge in [-0.05, 0) is 48.9 Å². The number of para-hydroxylation sites is 2. The largest absolute Gasteiger partial charge is 0.507 e. The molecule has 1 N–H and O–H groups in total. The number of phenols is 1. The molecule has 0 atom stereocenters. The lowest BCUT2D eigenvalue weighted by molar-refractivity contribution is 0.474. The molecule has 4 rings (SSSR count). The standard InChI is InChI=1S/C22H17FN2O/c1-14-6-11-22(26)17(12-14)21-13-20(15-7-9-16(23)10-8-15)24-18-4-2-3-5-19(18)25-21/h2-12,26H,13H2,1H3. The molecule has 0 amide bonds. The molecule has 26 heavy (non-hydrogen) atoms. The molecule has 0 aliphatic carbocycles. The molecule has 128 valence electrons. The van der Waals surface area contributed by atoms with E-state index in [2.05, 4.69) is 0 Å². The Kier molecular flexibility index (Phi) is 4.09. The lowest BCUT2D eigenvalue weighted by Crippen LogP contribution is -2.10. The highest BCUT2D eigenvalue weighted by Crippen LogP contribution is 2.34. The number of hydrogen-bond acceptors (Lipinski definition) is 3. The van der Waals surface area contributed by atoms with Crippen molar-refractivity contribution in [2.24, 2.45) is 9.98 Å². The molecule has 0 spiro atoms. The smallest absolute Gasteiger partial charge is 0.124 e. The number of benzene rings is 3. The summed E-state index contributed by atoms with van der Waals surface area (Å²) in [6.07, 6.45) is 0.442. The summed E-state index contributed by atoms with van der Waals surface area (Å²) in [5.74, 6) is -0.0965. The lowest BCUT2D eigenvalue weighted by atomic mass is 9.98. The third kappa shape index (κ3) is 3.14. The summed E-state index contributed by atoms with van der Waals surface area (Å²) in [6, 6.07) is 19.4. The zero-order valence-electron chi connectivity index (χ0n) is 14.3. The number of nitrogens with zero attached hydrogens (tertiary/aromatic N) is 2. The number of halogens is 1. The molecule has 1 aliphatic rings. The number of fused-ring (bicyclic) bond motifs is 1. The number of aliphatic imine (C=N–C) groups is 2. The highest BCUT2D eigenvalue weighted by Gasteiger charge is 2.18. The Labute approximate surface area is 151 Å². The van der Waals surface area contributed by atoms with Gasteiger partial charge in [-0.15, -0.1) is 0 Å². The van der Waals surface area contributed by atoms with Gasteiger partial charge in [-0.1, -0.05) is 35.9 Å². The number of hydrogen-bond donors (Lipinski definition) is 1. The van der Waals surface area contributed by atoms with Crippen molar-refractivity contribution in [1.29, 1.82) is 0 Å². The van der Waals surface area contributed by atoms with Crippen molar-refractivity contribution in [3.63, 3.8) is 0 Å². The molecule has 4 heteroatoms. The van der Waals surface area contributed by atoms with E-state index in [9.17, 15) is 9.50 Å². The van der Waals surface area contributed by atoms with Crippen LogP contribution in [0, 0.1) is 12.7 Å². The van der Waals surface area contributed by atoms with Gasteiger partial charge in [0.25, 0.3) is 0 Å². The molecule has 0 bridgehead atoms. The quantitative estimate of drug-likeness (QED) is 0.657. The van der Waals surface area contributed by atoms with E-state index in [1.54, 1.807) is 18.2 Å². The minimum Gasteiger partial charge on any atom is -0.507 e. The van der Waals surface area contributed by atoms with Crippen LogP contribution in [0.2, 0.25) is 0 Å².